The van der Waals surface area contributed by atoms with Crippen molar-refractivity contribution in [3.8, 4) is 17.2 Å². The quantitative estimate of drug-likeness (QED) is 0.436. The van der Waals surface area contributed by atoms with Gasteiger partial charge in [-0.25, -0.2) is 0 Å². The van der Waals surface area contributed by atoms with Gasteiger partial charge in [0.2, 0.25) is 0 Å². The van der Waals surface area contributed by atoms with Crippen LogP contribution in [0.1, 0.15) is 11.1 Å². The molecule has 0 atom stereocenters. The molecule has 7 heteroatoms. The number of nitrogens with one attached hydrogen (secondary N) is 1. The number of carbonyl (C=O) groups is 1. The molecule has 0 radical (unpaired) electrons. The lowest BCUT2D eigenvalue weighted by Crippen LogP contribution is -2.17. The van der Waals surface area contributed by atoms with E-state index in [9.17, 15) is 4.79 Å². The minimum Gasteiger partial charge on any atom is -0.497 e. The minimum absolute atomic E-state index is 0.193. The van der Waals surface area contributed by atoms with Gasteiger partial charge in [0.05, 0.1) is 19.1 Å². The van der Waals surface area contributed by atoms with E-state index in [2.05, 4.69) is 5.32 Å². The summed E-state index contributed by atoms with van der Waals surface area (Å²) in [5.74, 6) is 1.87. The van der Waals surface area contributed by atoms with Crippen LogP contribution in [0.2, 0.25) is 0 Å². The summed E-state index contributed by atoms with van der Waals surface area (Å²) < 4.78 is 17.3. The van der Waals surface area contributed by atoms with Crippen molar-refractivity contribution in [3.05, 3.63) is 70.6 Å². The van der Waals surface area contributed by atoms with Crippen LogP contribution in [0.15, 0.2) is 59.5 Å². The van der Waals surface area contributed by atoms with E-state index < -0.39 is 0 Å². The van der Waals surface area contributed by atoms with Gasteiger partial charge < -0.3 is 19.5 Å². The zero-order valence-electron chi connectivity index (χ0n) is 16.4. The molecule has 1 saturated heterocycles. The minimum atomic E-state index is -0.193. The lowest BCUT2D eigenvalue weighted by Gasteiger charge is -2.14. The van der Waals surface area contributed by atoms with E-state index >= 15 is 0 Å². The van der Waals surface area contributed by atoms with Crippen LogP contribution in [-0.4, -0.2) is 24.4 Å². The maximum atomic E-state index is 12.2. The number of benzene rings is 3. The Bertz CT molecular complexity index is 1150. The molecular formula is C23H19NO4S2. The molecule has 3 aromatic carbocycles. The van der Waals surface area contributed by atoms with Crippen LogP contribution in [0.4, 0.5) is 0 Å². The summed E-state index contributed by atoms with van der Waals surface area (Å²) in [5.41, 5.74) is 1.75. The summed E-state index contributed by atoms with van der Waals surface area (Å²) >= 11 is 6.37. The van der Waals surface area contributed by atoms with Crippen molar-refractivity contribution in [2.45, 2.75) is 6.61 Å². The van der Waals surface area contributed by atoms with Crippen molar-refractivity contribution in [2.75, 3.05) is 14.2 Å². The predicted octanol–water partition coefficient (Wildman–Crippen LogP) is 4.92. The molecular weight excluding hydrogens is 418 g/mol. The number of rotatable bonds is 6. The molecule has 1 amide bonds. The summed E-state index contributed by atoms with van der Waals surface area (Å²) in [4.78, 5) is 12.7. The first-order valence-corrected chi connectivity index (χ1v) is 10.4. The van der Waals surface area contributed by atoms with E-state index in [4.69, 9.17) is 26.4 Å². The molecule has 0 aliphatic carbocycles. The molecule has 3 aromatic rings. The van der Waals surface area contributed by atoms with E-state index in [0.717, 1.165) is 21.9 Å². The summed E-state index contributed by atoms with van der Waals surface area (Å²) in [6, 6.07) is 17.5. The standard InChI is InChI=1S/C23H19NO4S2/c1-26-16-9-14(10-17(11-16)27-2)13-28-20-8-7-15-5-3-4-6-18(15)19(20)12-21-22(25)24-23(29)30-21/h3-12H,13H2,1-2H3,(H,24,25,29)/b21-12-. The molecule has 30 heavy (non-hydrogen) atoms. The molecule has 0 unspecified atom stereocenters. The van der Waals surface area contributed by atoms with Gasteiger partial charge in [-0.3, -0.25) is 4.79 Å². The van der Waals surface area contributed by atoms with Gasteiger partial charge >= 0.3 is 0 Å². The highest BCUT2D eigenvalue weighted by Crippen LogP contribution is 2.35. The number of thiocarbonyl (C=S) groups is 1. The first-order valence-electron chi connectivity index (χ1n) is 9.19. The van der Waals surface area contributed by atoms with Crippen molar-refractivity contribution < 1.29 is 19.0 Å². The van der Waals surface area contributed by atoms with Crippen LogP contribution in [0.5, 0.6) is 17.2 Å². The van der Waals surface area contributed by atoms with Gasteiger partial charge in [-0.1, -0.05) is 54.3 Å². The fraction of sp³-hybridized carbons (Fsp3) is 0.130. The third kappa shape index (κ3) is 4.27. The third-order valence-corrected chi connectivity index (χ3v) is 5.82. The van der Waals surface area contributed by atoms with Crippen LogP contribution in [0, 0.1) is 0 Å². The fourth-order valence-electron chi connectivity index (χ4n) is 3.21. The largest absolute Gasteiger partial charge is 0.497 e. The van der Waals surface area contributed by atoms with Gasteiger partial charge in [-0.15, -0.1) is 0 Å². The normalized spacial score (nSPS) is 14.8. The Hall–Kier alpha value is -3.03. The van der Waals surface area contributed by atoms with Gasteiger partial charge in [-0.05, 0) is 40.6 Å². The number of thioether (sulfide) groups is 1. The number of ether oxygens (including phenoxy) is 3. The molecule has 4 rings (SSSR count). The van der Waals surface area contributed by atoms with Gasteiger partial charge in [-0.2, -0.15) is 0 Å². The second-order valence-corrected chi connectivity index (χ2v) is 8.28. The Kier molecular flexibility index (Phi) is 5.92. The van der Waals surface area contributed by atoms with Gasteiger partial charge in [0.25, 0.3) is 5.91 Å². The summed E-state index contributed by atoms with van der Waals surface area (Å²) in [5, 5.41) is 4.71. The summed E-state index contributed by atoms with van der Waals surface area (Å²) in [6.07, 6.45) is 1.84. The Morgan fingerprint density at radius 3 is 2.43 bits per heavy atom. The Labute approximate surface area is 184 Å². The Morgan fingerprint density at radius 2 is 1.77 bits per heavy atom. The molecule has 152 valence electrons. The van der Waals surface area contributed by atoms with Crippen LogP contribution in [0.3, 0.4) is 0 Å². The molecule has 0 bridgehead atoms. The molecule has 1 aliphatic rings. The molecule has 5 nitrogen and oxygen atoms in total. The number of hydrogen-bond acceptors (Lipinski definition) is 6. The number of amides is 1. The van der Waals surface area contributed by atoms with Crippen molar-refractivity contribution in [3.63, 3.8) is 0 Å². The van der Waals surface area contributed by atoms with E-state index in [-0.39, 0.29) is 5.91 Å². The molecule has 1 fully saturated rings. The topological polar surface area (TPSA) is 56.8 Å². The summed E-state index contributed by atoms with van der Waals surface area (Å²) in [7, 11) is 3.23. The highest BCUT2D eigenvalue weighted by molar-refractivity contribution is 8.26. The van der Waals surface area contributed by atoms with Crippen LogP contribution >= 0.6 is 24.0 Å². The van der Waals surface area contributed by atoms with Crippen molar-refractivity contribution in [1.29, 1.82) is 0 Å². The number of fused-ring (bicyclic) bond motifs is 1. The maximum Gasteiger partial charge on any atom is 0.263 e. The number of hydrogen-bond donors (Lipinski definition) is 1. The average molecular weight is 438 g/mol. The molecule has 0 aromatic heterocycles. The fourth-order valence-corrected chi connectivity index (χ4v) is 4.24. The first kappa shape index (κ1) is 20.3. The molecule has 1 N–H and O–H groups in total. The predicted molar refractivity (Wildman–Crippen MR) is 124 cm³/mol. The monoisotopic (exact) mass is 437 g/mol. The molecule has 0 spiro atoms. The van der Waals surface area contributed by atoms with Crippen LogP contribution in [-0.2, 0) is 11.4 Å². The van der Waals surface area contributed by atoms with Gasteiger partial charge in [0.15, 0.2) is 0 Å². The highest BCUT2D eigenvalue weighted by Gasteiger charge is 2.23. The van der Waals surface area contributed by atoms with E-state index in [0.29, 0.717) is 33.1 Å². The third-order valence-electron chi connectivity index (χ3n) is 4.65. The molecule has 0 saturated carbocycles. The molecule has 1 aliphatic heterocycles. The average Bonchev–Trinajstić information content (AvgIpc) is 3.09. The molecule has 1 heterocycles. The van der Waals surface area contributed by atoms with Crippen molar-refractivity contribution in [2.24, 2.45) is 0 Å². The van der Waals surface area contributed by atoms with Crippen molar-refractivity contribution >= 4 is 51.1 Å². The Morgan fingerprint density at radius 1 is 1.03 bits per heavy atom. The second-order valence-electron chi connectivity index (χ2n) is 6.56. The SMILES string of the molecule is COc1cc(COc2ccc3ccccc3c2/C=C2\SC(=S)NC2=O)cc(OC)c1. The lowest BCUT2D eigenvalue weighted by molar-refractivity contribution is -0.115. The number of carbonyl (C=O) groups excluding carboxylic acids is 1. The first-order chi connectivity index (χ1) is 14.6. The second kappa shape index (κ2) is 8.77. The maximum absolute atomic E-state index is 12.2. The highest BCUT2D eigenvalue weighted by atomic mass is 32.2. The zero-order valence-corrected chi connectivity index (χ0v) is 18.1. The van der Waals surface area contributed by atoms with E-state index in [1.807, 2.05) is 60.7 Å². The summed E-state index contributed by atoms with van der Waals surface area (Å²) in [6.45, 7) is 0.319. The van der Waals surface area contributed by atoms with Gasteiger partial charge in [0.1, 0.15) is 28.2 Å². The van der Waals surface area contributed by atoms with Crippen LogP contribution in [0.25, 0.3) is 16.8 Å². The lowest BCUT2D eigenvalue weighted by atomic mass is 10.0. The van der Waals surface area contributed by atoms with E-state index in [1.165, 1.54) is 11.8 Å². The van der Waals surface area contributed by atoms with E-state index in [1.54, 1.807) is 14.2 Å². The smallest absolute Gasteiger partial charge is 0.263 e. The van der Waals surface area contributed by atoms with Crippen molar-refractivity contribution in [1.82, 2.24) is 5.32 Å². The Balaban J connectivity index is 1.72. The zero-order chi connectivity index (χ0) is 21.1. The number of methoxy groups -OCH3 is 2. The van der Waals surface area contributed by atoms with Gasteiger partial charge in [0, 0.05) is 11.6 Å². The van der Waals surface area contributed by atoms with Crippen LogP contribution < -0.4 is 19.5 Å².